The van der Waals surface area contributed by atoms with Crippen molar-refractivity contribution < 1.29 is 0 Å². The summed E-state index contributed by atoms with van der Waals surface area (Å²) in [5.74, 6) is 0. The van der Waals surface area contributed by atoms with Gasteiger partial charge in [-0.1, -0.05) is 118 Å². The van der Waals surface area contributed by atoms with E-state index < -0.39 is 17.4 Å². The second kappa shape index (κ2) is 15.4. The highest BCUT2D eigenvalue weighted by atomic mass is 35.5. The molecule has 0 aromatic heterocycles. The van der Waals surface area contributed by atoms with E-state index in [-0.39, 0.29) is 6.17 Å². The van der Waals surface area contributed by atoms with Gasteiger partial charge in [0.25, 0.3) is 0 Å². The monoisotopic (exact) mass is 742 g/mol. The Morgan fingerprint density at radius 3 is 1.51 bits per heavy atom. The number of alkyl halides is 2. The fourth-order valence-corrected chi connectivity index (χ4v) is 17.5. The summed E-state index contributed by atoms with van der Waals surface area (Å²) in [6, 6.07) is 20.5. The van der Waals surface area contributed by atoms with E-state index in [1.165, 1.54) is 120 Å². The zero-order valence-electron chi connectivity index (χ0n) is 32.2. The number of aryl methyl sites for hydroxylation is 6. The van der Waals surface area contributed by atoms with E-state index in [2.05, 4.69) is 112 Å². The summed E-state index contributed by atoms with van der Waals surface area (Å²) >= 11 is 17.4. The van der Waals surface area contributed by atoms with Crippen LogP contribution in [0.25, 0.3) is 6.08 Å². The minimum absolute atomic E-state index is 0.0673. The highest BCUT2D eigenvalue weighted by Crippen LogP contribution is 2.73. The van der Waals surface area contributed by atoms with E-state index in [0.717, 1.165) is 43.7 Å². The second-order valence-electron chi connectivity index (χ2n) is 16.7. The van der Waals surface area contributed by atoms with Crippen LogP contribution < -0.4 is 9.80 Å². The number of anilines is 2. The minimum atomic E-state index is -0.677. The Morgan fingerprint density at radius 2 is 1.06 bits per heavy atom. The van der Waals surface area contributed by atoms with Gasteiger partial charge in [0.2, 0.25) is 0 Å². The molecule has 0 amide bonds. The van der Waals surface area contributed by atoms with Crippen LogP contribution in [0.4, 0.5) is 11.4 Å². The van der Waals surface area contributed by atoms with E-state index in [1.807, 2.05) is 0 Å². The predicted octanol–water partition coefficient (Wildman–Crippen LogP) is 13.5. The van der Waals surface area contributed by atoms with Gasteiger partial charge in [-0.2, -0.15) is 0 Å². The fraction of sp³-hybridized carbons (Fsp3) is 0.565. The third kappa shape index (κ3) is 7.18. The first-order chi connectivity index (χ1) is 24.5. The Labute approximate surface area is 321 Å². The Hall–Kier alpha value is -1.99. The van der Waals surface area contributed by atoms with Crippen LogP contribution in [0.3, 0.4) is 0 Å². The van der Waals surface area contributed by atoms with Gasteiger partial charge in [-0.05, 0) is 131 Å². The van der Waals surface area contributed by atoms with E-state index in [1.54, 1.807) is 0 Å². The molecule has 51 heavy (non-hydrogen) atoms. The normalized spacial score (nSPS) is 26.5. The largest absolute Gasteiger partial charge is 0.347 e. The van der Waals surface area contributed by atoms with Crippen molar-refractivity contribution in [1.82, 2.24) is 0 Å². The lowest BCUT2D eigenvalue weighted by Gasteiger charge is -2.57. The summed E-state index contributed by atoms with van der Waals surface area (Å²) in [4.78, 5) is 4.74. The first kappa shape index (κ1) is 37.3. The Balaban J connectivity index is 1.46. The lowest BCUT2D eigenvalue weighted by atomic mass is 9.78. The van der Waals surface area contributed by atoms with Crippen molar-refractivity contribution in [2.24, 2.45) is 0 Å². The maximum atomic E-state index is 8.74. The van der Waals surface area contributed by atoms with Crippen LogP contribution in [0.15, 0.2) is 60.2 Å². The van der Waals surface area contributed by atoms with Crippen LogP contribution >= 0.6 is 31.1 Å². The molecule has 4 fully saturated rings. The van der Waals surface area contributed by atoms with Crippen molar-refractivity contribution in [2.75, 3.05) is 22.9 Å². The van der Waals surface area contributed by atoms with Crippen molar-refractivity contribution in [1.29, 1.82) is 0 Å². The zero-order chi connectivity index (χ0) is 35.9. The van der Waals surface area contributed by atoms with Gasteiger partial charge < -0.3 is 9.80 Å². The number of hydrogen-bond acceptors (Lipinski definition) is 2. The molecule has 1 saturated heterocycles. The topological polar surface area (TPSA) is 6.48 Å². The van der Waals surface area contributed by atoms with Gasteiger partial charge in [-0.15, -0.1) is 23.2 Å². The number of benzene rings is 3. The third-order valence-electron chi connectivity index (χ3n) is 12.8. The zero-order valence-corrected chi connectivity index (χ0v) is 34.6. The summed E-state index contributed by atoms with van der Waals surface area (Å²) in [5.41, 5.74) is 14.7. The van der Waals surface area contributed by atoms with Crippen molar-refractivity contribution in [3.05, 3.63) is 99.1 Å². The van der Waals surface area contributed by atoms with E-state index in [9.17, 15) is 0 Å². The molecule has 3 saturated carbocycles. The molecule has 0 bridgehead atoms. The predicted molar refractivity (Wildman–Crippen MR) is 226 cm³/mol. The van der Waals surface area contributed by atoms with Crippen molar-refractivity contribution in [3.8, 4) is 0 Å². The molecular formula is C46H61Cl2N2P. The average molecular weight is 744 g/mol. The number of rotatable bonds is 7. The van der Waals surface area contributed by atoms with Gasteiger partial charge in [-0.3, -0.25) is 0 Å². The van der Waals surface area contributed by atoms with Gasteiger partial charge >= 0.3 is 0 Å². The number of hydrogen-bond donors (Lipinski definition) is 0. The molecule has 3 aromatic carbocycles. The van der Waals surface area contributed by atoms with Crippen molar-refractivity contribution in [3.63, 3.8) is 0 Å². The molecular weight excluding hydrogens is 682 g/mol. The molecule has 1 heterocycles. The van der Waals surface area contributed by atoms with Gasteiger partial charge in [-0.25, -0.2) is 0 Å². The molecule has 2 unspecified atom stereocenters. The molecule has 0 N–H and O–H groups in total. The highest BCUT2D eigenvalue weighted by Gasteiger charge is 2.60. The van der Waals surface area contributed by atoms with E-state index in [0.29, 0.717) is 0 Å². The van der Waals surface area contributed by atoms with Gasteiger partial charge in [0.1, 0.15) is 11.0 Å². The lowest BCUT2D eigenvalue weighted by Crippen LogP contribution is -2.59. The van der Waals surface area contributed by atoms with Gasteiger partial charge in [0.05, 0.1) is 4.62 Å². The quantitative estimate of drug-likeness (QED) is 0.176. The van der Waals surface area contributed by atoms with Crippen LogP contribution in [0.2, 0.25) is 0 Å². The third-order valence-corrected chi connectivity index (χ3v) is 18.2. The average Bonchev–Trinajstić information content (AvgIpc) is 3.52. The molecule has 7 rings (SSSR count). The van der Waals surface area contributed by atoms with Crippen LogP contribution in [-0.2, 0) is 0 Å². The summed E-state index contributed by atoms with van der Waals surface area (Å²) in [6.07, 6.45) is 19.0. The molecule has 3 aromatic rings. The summed E-state index contributed by atoms with van der Waals surface area (Å²) in [7, 11) is -0.500. The minimum Gasteiger partial charge on any atom is -0.347 e. The van der Waals surface area contributed by atoms with Gasteiger partial charge in [0.15, 0.2) is 0 Å². The molecule has 5 heteroatoms. The summed E-state index contributed by atoms with van der Waals surface area (Å²) in [6.45, 7) is 15.5. The molecule has 1 aliphatic heterocycles. The fourth-order valence-electron chi connectivity index (χ4n) is 11.1. The van der Waals surface area contributed by atoms with Crippen molar-refractivity contribution >= 4 is 48.6 Å². The van der Waals surface area contributed by atoms with E-state index >= 15 is 0 Å². The molecule has 3 aliphatic carbocycles. The van der Waals surface area contributed by atoms with E-state index in [4.69, 9.17) is 23.2 Å². The summed E-state index contributed by atoms with van der Waals surface area (Å²) < 4.78 is -0.427. The molecule has 4 aliphatic rings. The van der Waals surface area contributed by atoms with Crippen LogP contribution in [0, 0.1) is 41.5 Å². The van der Waals surface area contributed by atoms with Gasteiger partial charge in [0, 0.05) is 24.5 Å². The van der Waals surface area contributed by atoms with Crippen LogP contribution in [-0.4, -0.2) is 40.1 Å². The standard InChI is InChI=1S/C46H61Cl2N2P/c1-32-27-34(3)42(35(4)28-32)49-25-26-50(43-36(5)29-33(2)30-37(43)6)44(49)45(47)23-16-24-46(48,41(45)31-38-17-10-7-11-18-38)51(39-19-12-8-13-20-39)40-21-14-9-15-22-40/h7,10-11,17-18,27-31,39-40,44H,8-9,12-16,19-26H2,1-6H3. The molecule has 0 radical (unpaired) electrons. The second-order valence-corrected chi connectivity index (χ2v) is 21.3. The maximum Gasteiger partial charge on any atom is 0.125 e. The molecule has 2 atom stereocenters. The first-order valence-corrected chi connectivity index (χ1v) is 22.4. The Morgan fingerprint density at radius 1 is 0.608 bits per heavy atom. The van der Waals surface area contributed by atoms with Crippen molar-refractivity contribution in [2.45, 2.75) is 152 Å². The highest BCUT2D eigenvalue weighted by molar-refractivity contribution is 7.63. The van der Waals surface area contributed by atoms with Crippen LogP contribution in [0.5, 0.6) is 0 Å². The molecule has 2 nitrogen and oxygen atoms in total. The maximum absolute atomic E-state index is 8.74. The Kier molecular flexibility index (Phi) is 11.3. The number of nitrogens with zero attached hydrogens (tertiary/aromatic N) is 2. The SMILES string of the molecule is Cc1cc(C)c(N2CCN(c3c(C)cc(C)cc3C)C2C2(Cl)CCCC(Cl)(P(C3CCCCC3)C3CCCCC3)C2=Cc2ccccc2)c(C)c1. The molecule has 274 valence electrons. The summed E-state index contributed by atoms with van der Waals surface area (Å²) in [5, 5.41) is 0. The van der Waals surface area contributed by atoms with Crippen LogP contribution in [0.1, 0.15) is 122 Å². The number of halogens is 2. The first-order valence-electron chi connectivity index (χ1n) is 20.1. The molecule has 0 spiro atoms. The smallest absolute Gasteiger partial charge is 0.125 e. The Bertz CT molecular complexity index is 1590. The lowest BCUT2D eigenvalue weighted by molar-refractivity contribution is 0.400.